The summed E-state index contributed by atoms with van der Waals surface area (Å²) >= 11 is 13.4. The van der Waals surface area contributed by atoms with Crippen molar-refractivity contribution in [2.75, 3.05) is 5.32 Å². The van der Waals surface area contributed by atoms with E-state index in [-0.39, 0.29) is 5.91 Å². The number of nitrogens with one attached hydrogen (secondary N) is 1. The first-order chi connectivity index (χ1) is 8.56. The Bertz CT molecular complexity index is 586. The fourth-order valence-electron chi connectivity index (χ4n) is 1.43. The summed E-state index contributed by atoms with van der Waals surface area (Å²) < 4.78 is 0.885. The maximum Gasteiger partial charge on any atom is 0.256 e. The third-order valence-corrected chi connectivity index (χ3v) is 3.42. The van der Waals surface area contributed by atoms with Crippen LogP contribution in [0.2, 0.25) is 5.02 Å². The van der Waals surface area contributed by atoms with Crippen molar-refractivity contribution in [1.82, 2.24) is 0 Å². The molecule has 0 fully saturated rings. The predicted octanol–water partition coefficient (Wildman–Crippen LogP) is 4.64. The van der Waals surface area contributed by atoms with E-state index in [0.717, 1.165) is 4.47 Å². The number of carbonyl (C=O) groups is 1. The summed E-state index contributed by atoms with van der Waals surface area (Å²) in [5, 5.41) is 3.41. The standard InChI is InChI=1S/C13H9BrClNOS/c14-8-1-6-11(12(18)7-8)13(17)16-10-4-2-9(15)3-5-10/h1-7,18H,(H,16,17). The van der Waals surface area contributed by atoms with Gasteiger partial charge in [0.1, 0.15) is 0 Å². The minimum Gasteiger partial charge on any atom is -0.322 e. The molecule has 2 aromatic carbocycles. The fraction of sp³-hybridized carbons (Fsp3) is 0. The van der Waals surface area contributed by atoms with E-state index in [1.165, 1.54) is 0 Å². The van der Waals surface area contributed by atoms with Crippen LogP contribution in [0.3, 0.4) is 0 Å². The second-order valence-corrected chi connectivity index (χ2v) is 5.46. The SMILES string of the molecule is O=C(Nc1ccc(Cl)cc1)c1ccc(Br)cc1S. The van der Waals surface area contributed by atoms with Crippen molar-refractivity contribution in [3.8, 4) is 0 Å². The summed E-state index contributed by atoms with van der Waals surface area (Å²) in [6, 6.07) is 12.2. The first kappa shape index (κ1) is 13.5. The van der Waals surface area contributed by atoms with Gasteiger partial charge in [0.05, 0.1) is 5.56 Å². The van der Waals surface area contributed by atoms with Gasteiger partial charge in [-0.15, -0.1) is 12.6 Å². The van der Waals surface area contributed by atoms with Gasteiger partial charge < -0.3 is 5.32 Å². The van der Waals surface area contributed by atoms with Crippen LogP contribution in [0, 0.1) is 0 Å². The van der Waals surface area contributed by atoms with E-state index in [2.05, 4.69) is 33.9 Å². The normalized spacial score (nSPS) is 10.2. The Hall–Kier alpha value is -0.970. The van der Waals surface area contributed by atoms with Gasteiger partial charge in [-0.3, -0.25) is 4.79 Å². The van der Waals surface area contributed by atoms with Gasteiger partial charge in [0.15, 0.2) is 0 Å². The number of amides is 1. The summed E-state index contributed by atoms with van der Waals surface area (Å²) in [4.78, 5) is 12.6. The van der Waals surface area contributed by atoms with Gasteiger partial charge in [0, 0.05) is 20.1 Å². The molecule has 5 heteroatoms. The Kier molecular flexibility index (Phi) is 4.32. The summed E-state index contributed by atoms with van der Waals surface area (Å²) in [5.74, 6) is -0.199. The number of thiol groups is 1. The topological polar surface area (TPSA) is 29.1 Å². The summed E-state index contributed by atoms with van der Waals surface area (Å²) in [6.07, 6.45) is 0. The average molecular weight is 343 g/mol. The molecule has 0 atom stereocenters. The lowest BCUT2D eigenvalue weighted by Crippen LogP contribution is -2.12. The number of anilines is 1. The molecule has 0 unspecified atom stereocenters. The van der Waals surface area contributed by atoms with Crippen LogP contribution in [0.1, 0.15) is 10.4 Å². The molecule has 0 radical (unpaired) electrons. The molecule has 1 amide bonds. The Morgan fingerprint density at radius 3 is 2.44 bits per heavy atom. The molecule has 0 heterocycles. The van der Waals surface area contributed by atoms with Crippen LogP contribution >= 0.6 is 40.2 Å². The summed E-state index contributed by atoms with van der Waals surface area (Å²) in [5.41, 5.74) is 1.22. The maximum atomic E-state index is 12.0. The maximum absolute atomic E-state index is 12.0. The highest BCUT2D eigenvalue weighted by atomic mass is 79.9. The molecule has 0 aliphatic rings. The Balaban J connectivity index is 2.19. The highest BCUT2D eigenvalue weighted by Crippen LogP contribution is 2.21. The zero-order valence-corrected chi connectivity index (χ0v) is 12.4. The smallest absolute Gasteiger partial charge is 0.256 e. The third kappa shape index (κ3) is 3.28. The van der Waals surface area contributed by atoms with E-state index in [9.17, 15) is 4.79 Å². The number of rotatable bonds is 2. The predicted molar refractivity (Wildman–Crippen MR) is 80.8 cm³/mol. The van der Waals surface area contributed by atoms with Gasteiger partial charge in [0.25, 0.3) is 5.91 Å². The fourth-order valence-corrected chi connectivity index (χ4v) is 2.41. The minimum absolute atomic E-state index is 0.199. The zero-order chi connectivity index (χ0) is 13.1. The molecule has 1 N–H and O–H groups in total. The van der Waals surface area contributed by atoms with Crippen molar-refractivity contribution in [3.05, 3.63) is 57.5 Å². The third-order valence-electron chi connectivity index (χ3n) is 2.31. The summed E-state index contributed by atoms with van der Waals surface area (Å²) in [6.45, 7) is 0. The lowest BCUT2D eigenvalue weighted by atomic mass is 10.2. The molecule has 18 heavy (non-hydrogen) atoms. The number of benzene rings is 2. The Morgan fingerprint density at radius 2 is 1.83 bits per heavy atom. The van der Waals surface area contributed by atoms with Gasteiger partial charge in [-0.2, -0.15) is 0 Å². The lowest BCUT2D eigenvalue weighted by Gasteiger charge is -2.07. The van der Waals surface area contributed by atoms with Crippen LogP contribution in [0.25, 0.3) is 0 Å². The first-order valence-corrected chi connectivity index (χ1v) is 6.73. The largest absolute Gasteiger partial charge is 0.322 e. The molecule has 2 nitrogen and oxygen atoms in total. The molecule has 0 saturated carbocycles. The minimum atomic E-state index is -0.199. The zero-order valence-electron chi connectivity index (χ0n) is 9.15. The van der Waals surface area contributed by atoms with Crippen LogP contribution in [0.4, 0.5) is 5.69 Å². The van der Waals surface area contributed by atoms with Crippen LogP contribution < -0.4 is 5.32 Å². The van der Waals surface area contributed by atoms with E-state index in [4.69, 9.17) is 11.6 Å². The molecule has 0 aliphatic carbocycles. The average Bonchev–Trinajstić information content (AvgIpc) is 2.32. The second-order valence-electron chi connectivity index (χ2n) is 3.62. The number of hydrogen-bond donors (Lipinski definition) is 2. The molecular weight excluding hydrogens is 334 g/mol. The first-order valence-electron chi connectivity index (χ1n) is 5.12. The van der Waals surface area contributed by atoms with Crippen molar-refractivity contribution >= 4 is 51.8 Å². The van der Waals surface area contributed by atoms with Gasteiger partial charge in [-0.1, -0.05) is 27.5 Å². The quantitative estimate of drug-likeness (QED) is 0.765. The molecule has 0 spiro atoms. The van der Waals surface area contributed by atoms with Crippen molar-refractivity contribution in [2.24, 2.45) is 0 Å². The van der Waals surface area contributed by atoms with E-state index in [0.29, 0.717) is 21.2 Å². The van der Waals surface area contributed by atoms with Gasteiger partial charge >= 0.3 is 0 Å². The van der Waals surface area contributed by atoms with Crippen molar-refractivity contribution in [2.45, 2.75) is 4.90 Å². The number of halogens is 2. The highest BCUT2D eigenvalue weighted by molar-refractivity contribution is 9.10. The second kappa shape index (κ2) is 5.78. The number of hydrogen-bond acceptors (Lipinski definition) is 2. The van der Waals surface area contributed by atoms with Crippen molar-refractivity contribution in [1.29, 1.82) is 0 Å². The van der Waals surface area contributed by atoms with Crippen LogP contribution in [0.5, 0.6) is 0 Å². The summed E-state index contributed by atoms with van der Waals surface area (Å²) in [7, 11) is 0. The van der Waals surface area contributed by atoms with Crippen LogP contribution in [-0.4, -0.2) is 5.91 Å². The molecule has 0 saturated heterocycles. The monoisotopic (exact) mass is 341 g/mol. The van der Waals surface area contributed by atoms with E-state index in [1.807, 2.05) is 0 Å². The van der Waals surface area contributed by atoms with Crippen molar-refractivity contribution < 1.29 is 4.79 Å². The van der Waals surface area contributed by atoms with Gasteiger partial charge in [-0.05, 0) is 42.5 Å². The molecule has 2 rings (SSSR count). The Labute approximate surface area is 124 Å². The van der Waals surface area contributed by atoms with E-state index < -0.39 is 0 Å². The van der Waals surface area contributed by atoms with E-state index in [1.54, 1.807) is 42.5 Å². The Morgan fingerprint density at radius 1 is 1.17 bits per heavy atom. The molecular formula is C13H9BrClNOS. The molecule has 2 aromatic rings. The molecule has 0 aromatic heterocycles. The lowest BCUT2D eigenvalue weighted by molar-refractivity contribution is 0.102. The van der Waals surface area contributed by atoms with Gasteiger partial charge in [0.2, 0.25) is 0 Å². The van der Waals surface area contributed by atoms with Gasteiger partial charge in [-0.25, -0.2) is 0 Å². The molecule has 0 aliphatic heterocycles. The van der Waals surface area contributed by atoms with E-state index >= 15 is 0 Å². The van der Waals surface area contributed by atoms with Crippen molar-refractivity contribution in [3.63, 3.8) is 0 Å². The molecule has 0 bridgehead atoms. The van der Waals surface area contributed by atoms with Crippen LogP contribution in [0.15, 0.2) is 51.8 Å². The number of carbonyl (C=O) groups excluding carboxylic acids is 1. The van der Waals surface area contributed by atoms with Crippen LogP contribution in [-0.2, 0) is 0 Å². The molecule has 92 valence electrons. The highest BCUT2D eigenvalue weighted by Gasteiger charge is 2.09.